The summed E-state index contributed by atoms with van der Waals surface area (Å²) in [6.45, 7) is 2.33. The van der Waals surface area contributed by atoms with Crippen LogP contribution >= 0.6 is 38.9 Å². The topological polar surface area (TPSA) is 46.2 Å². The first-order chi connectivity index (χ1) is 8.88. The van der Waals surface area contributed by atoms with E-state index in [1.165, 1.54) is 11.3 Å². The van der Waals surface area contributed by atoms with Crippen molar-refractivity contribution in [3.8, 4) is 0 Å². The van der Waals surface area contributed by atoms with Crippen molar-refractivity contribution in [3.05, 3.63) is 14.7 Å². The lowest BCUT2D eigenvalue weighted by Crippen LogP contribution is -2.31. The summed E-state index contributed by atoms with van der Waals surface area (Å²) in [4.78, 5) is 1.19. The van der Waals surface area contributed by atoms with E-state index in [9.17, 15) is 8.42 Å². The molecule has 0 atom stereocenters. The number of sulfonamides is 1. The van der Waals surface area contributed by atoms with Gasteiger partial charge in [0.05, 0.1) is 8.68 Å². The SMILES string of the molecule is Cc1sc(Br)cc1S(=O)(=O)NCC1CCC(Cl)CC1. The summed E-state index contributed by atoms with van der Waals surface area (Å²) in [5.41, 5.74) is 0. The fraction of sp³-hybridized carbons (Fsp3) is 0.667. The van der Waals surface area contributed by atoms with Crippen LogP contribution in [0.2, 0.25) is 0 Å². The Balaban J connectivity index is 1.96. The predicted molar refractivity (Wildman–Crippen MR) is 83.5 cm³/mol. The molecular weight excluding hydrogens is 370 g/mol. The van der Waals surface area contributed by atoms with Crippen molar-refractivity contribution >= 4 is 48.9 Å². The van der Waals surface area contributed by atoms with Gasteiger partial charge in [0.1, 0.15) is 0 Å². The minimum Gasteiger partial charge on any atom is -0.211 e. The number of alkyl halides is 1. The molecule has 1 heterocycles. The van der Waals surface area contributed by atoms with Crippen LogP contribution in [-0.4, -0.2) is 20.3 Å². The second-order valence-corrected chi connectivity index (χ2v) is 9.93. The highest BCUT2D eigenvalue weighted by Crippen LogP contribution is 2.30. The highest BCUT2D eigenvalue weighted by atomic mass is 79.9. The van der Waals surface area contributed by atoms with Gasteiger partial charge < -0.3 is 0 Å². The van der Waals surface area contributed by atoms with Gasteiger partial charge in [-0.05, 0) is 60.5 Å². The average molecular weight is 387 g/mol. The maximum Gasteiger partial charge on any atom is 0.241 e. The standard InChI is InChI=1S/C12H17BrClNO2S2/c1-8-11(6-12(13)18-8)19(16,17)15-7-9-2-4-10(14)5-3-9/h6,9-10,15H,2-5,7H2,1H3. The van der Waals surface area contributed by atoms with E-state index < -0.39 is 10.0 Å². The van der Waals surface area contributed by atoms with Gasteiger partial charge in [-0.2, -0.15) is 0 Å². The van der Waals surface area contributed by atoms with Crippen molar-refractivity contribution in [2.75, 3.05) is 6.54 Å². The van der Waals surface area contributed by atoms with Crippen molar-refractivity contribution in [2.45, 2.75) is 42.9 Å². The zero-order valence-electron chi connectivity index (χ0n) is 10.7. The van der Waals surface area contributed by atoms with E-state index in [4.69, 9.17) is 11.6 Å². The van der Waals surface area contributed by atoms with E-state index in [0.29, 0.717) is 17.4 Å². The van der Waals surface area contributed by atoms with Gasteiger partial charge >= 0.3 is 0 Å². The van der Waals surface area contributed by atoms with Crippen LogP contribution in [0.15, 0.2) is 14.7 Å². The molecule has 0 amide bonds. The van der Waals surface area contributed by atoms with E-state index >= 15 is 0 Å². The Morgan fingerprint density at radius 1 is 1.42 bits per heavy atom. The Morgan fingerprint density at radius 2 is 2.05 bits per heavy atom. The molecule has 1 fully saturated rings. The van der Waals surface area contributed by atoms with E-state index in [2.05, 4.69) is 20.7 Å². The van der Waals surface area contributed by atoms with Crippen LogP contribution in [-0.2, 0) is 10.0 Å². The molecule has 0 radical (unpaired) electrons. The molecule has 1 aromatic heterocycles. The van der Waals surface area contributed by atoms with Crippen LogP contribution in [0.3, 0.4) is 0 Å². The molecule has 1 aliphatic rings. The lowest BCUT2D eigenvalue weighted by molar-refractivity contribution is 0.361. The Hall–Kier alpha value is 0.380. The molecular formula is C12H17BrClNO2S2. The largest absolute Gasteiger partial charge is 0.241 e. The quantitative estimate of drug-likeness (QED) is 0.798. The average Bonchev–Trinajstić information content (AvgIpc) is 2.69. The number of hydrogen-bond acceptors (Lipinski definition) is 3. The molecule has 0 spiro atoms. The highest BCUT2D eigenvalue weighted by molar-refractivity contribution is 9.11. The van der Waals surface area contributed by atoms with Gasteiger partial charge in [0.25, 0.3) is 0 Å². The number of nitrogens with one attached hydrogen (secondary N) is 1. The van der Waals surface area contributed by atoms with Crippen molar-refractivity contribution < 1.29 is 8.42 Å². The monoisotopic (exact) mass is 385 g/mol. The number of aryl methyl sites for hydroxylation is 1. The van der Waals surface area contributed by atoms with E-state index in [1.807, 2.05) is 6.92 Å². The number of rotatable bonds is 4. The first-order valence-corrected chi connectivity index (χ1v) is 9.81. The van der Waals surface area contributed by atoms with Crippen LogP contribution in [0.4, 0.5) is 0 Å². The number of thiophene rings is 1. The van der Waals surface area contributed by atoms with Crippen LogP contribution < -0.4 is 4.72 Å². The molecule has 19 heavy (non-hydrogen) atoms. The van der Waals surface area contributed by atoms with Crippen LogP contribution in [0.5, 0.6) is 0 Å². The Kier molecular flexibility index (Phi) is 5.34. The molecule has 1 aromatic rings. The molecule has 0 aromatic carbocycles. The molecule has 3 nitrogen and oxygen atoms in total. The van der Waals surface area contributed by atoms with Crippen molar-refractivity contribution in [1.29, 1.82) is 0 Å². The van der Waals surface area contributed by atoms with Crippen molar-refractivity contribution in [1.82, 2.24) is 4.72 Å². The first kappa shape index (κ1) is 15.8. The second kappa shape index (κ2) is 6.43. The van der Waals surface area contributed by atoms with E-state index in [0.717, 1.165) is 34.3 Å². The van der Waals surface area contributed by atoms with Gasteiger partial charge in [-0.25, -0.2) is 13.1 Å². The second-order valence-electron chi connectivity index (χ2n) is 4.94. The van der Waals surface area contributed by atoms with E-state index in [1.54, 1.807) is 6.07 Å². The molecule has 1 N–H and O–H groups in total. The van der Waals surface area contributed by atoms with Gasteiger partial charge in [0, 0.05) is 16.8 Å². The first-order valence-electron chi connectivity index (χ1n) is 6.28. The molecule has 2 rings (SSSR count). The van der Waals surface area contributed by atoms with Crippen LogP contribution in [0, 0.1) is 12.8 Å². The van der Waals surface area contributed by atoms with E-state index in [-0.39, 0.29) is 5.38 Å². The molecule has 0 bridgehead atoms. The molecule has 0 aliphatic heterocycles. The minimum atomic E-state index is -3.39. The fourth-order valence-corrected chi connectivity index (χ4v) is 6.11. The number of hydrogen-bond donors (Lipinski definition) is 1. The van der Waals surface area contributed by atoms with Crippen LogP contribution in [0.1, 0.15) is 30.6 Å². The highest BCUT2D eigenvalue weighted by Gasteiger charge is 2.23. The Bertz CT molecular complexity index is 536. The third-order valence-corrected chi connectivity index (χ3v) is 7.14. The predicted octanol–water partition coefficient (Wildman–Crippen LogP) is 3.89. The summed E-state index contributed by atoms with van der Waals surface area (Å²) in [7, 11) is -3.39. The van der Waals surface area contributed by atoms with Crippen LogP contribution in [0.25, 0.3) is 0 Å². The fourth-order valence-electron chi connectivity index (χ4n) is 2.33. The van der Waals surface area contributed by atoms with Crippen molar-refractivity contribution in [2.24, 2.45) is 5.92 Å². The molecule has 0 unspecified atom stereocenters. The number of halogens is 2. The Morgan fingerprint density at radius 3 is 2.58 bits per heavy atom. The van der Waals surface area contributed by atoms with Gasteiger partial charge in [-0.3, -0.25) is 0 Å². The van der Waals surface area contributed by atoms with Gasteiger partial charge in [-0.15, -0.1) is 22.9 Å². The third-order valence-electron chi connectivity index (χ3n) is 3.47. The summed E-state index contributed by atoms with van der Waals surface area (Å²) in [5.74, 6) is 0.409. The van der Waals surface area contributed by atoms with Gasteiger partial charge in [-0.1, -0.05) is 0 Å². The summed E-state index contributed by atoms with van der Waals surface area (Å²) in [6.07, 6.45) is 3.97. The molecule has 0 saturated heterocycles. The van der Waals surface area contributed by atoms with Gasteiger partial charge in [0.2, 0.25) is 10.0 Å². The minimum absolute atomic E-state index is 0.267. The smallest absolute Gasteiger partial charge is 0.211 e. The normalized spacial score (nSPS) is 24.6. The molecule has 108 valence electrons. The Labute approximate surface area is 131 Å². The van der Waals surface area contributed by atoms with Crippen molar-refractivity contribution in [3.63, 3.8) is 0 Å². The molecule has 1 saturated carbocycles. The zero-order chi connectivity index (χ0) is 14.0. The third kappa shape index (κ3) is 4.17. The summed E-state index contributed by atoms with van der Waals surface area (Å²) in [5, 5.41) is 0.267. The molecule has 1 aliphatic carbocycles. The zero-order valence-corrected chi connectivity index (χ0v) is 14.6. The lowest BCUT2D eigenvalue weighted by Gasteiger charge is -2.24. The maximum absolute atomic E-state index is 12.2. The summed E-state index contributed by atoms with van der Waals surface area (Å²) in [6, 6.07) is 1.66. The van der Waals surface area contributed by atoms with Gasteiger partial charge in [0.15, 0.2) is 0 Å². The summed E-state index contributed by atoms with van der Waals surface area (Å²) >= 11 is 10.8. The summed E-state index contributed by atoms with van der Waals surface area (Å²) < 4.78 is 28.0. The maximum atomic E-state index is 12.2. The lowest BCUT2D eigenvalue weighted by atomic mass is 9.89. The molecule has 7 heteroatoms.